The summed E-state index contributed by atoms with van der Waals surface area (Å²) in [6, 6.07) is 7.40. The lowest BCUT2D eigenvalue weighted by molar-refractivity contribution is 1.20. The third-order valence-corrected chi connectivity index (χ3v) is 3.99. The fourth-order valence-electron chi connectivity index (χ4n) is 2.39. The van der Waals surface area contributed by atoms with Crippen LogP contribution in [0.3, 0.4) is 0 Å². The first kappa shape index (κ1) is 14.2. The van der Waals surface area contributed by atoms with E-state index in [9.17, 15) is 0 Å². The van der Waals surface area contributed by atoms with Crippen LogP contribution in [-0.4, -0.2) is 9.97 Å². The maximum absolute atomic E-state index is 6.15. The molecular weight excluding hydrogens is 338 g/mol. The van der Waals surface area contributed by atoms with Crippen molar-refractivity contribution < 1.29 is 0 Å². The molecule has 0 N–H and O–H groups in total. The molecule has 2 aromatic heterocycles. The summed E-state index contributed by atoms with van der Waals surface area (Å²) in [6.07, 6.45) is 3.41. The van der Waals surface area contributed by atoms with Crippen molar-refractivity contribution in [3.63, 3.8) is 0 Å². The number of nitrogens with zero attached hydrogens (tertiary/aromatic N) is 2. The van der Waals surface area contributed by atoms with Crippen molar-refractivity contribution >= 4 is 68.2 Å². The molecule has 0 spiro atoms. The molecular formula is C14H8Cl4N2. The summed E-state index contributed by atoms with van der Waals surface area (Å²) in [7, 11) is 0. The molecule has 0 aliphatic heterocycles. The number of benzene rings is 1. The second-order valence-electron chi connectivity index (χ2n) is 4.28. The van der Waals surface area contributed by atoms with Gasteiger partial charge in [-0.15, -0.1) is 11.6 Å². The van der Waals surface area contributed by atoms with E-state index in [1.807, 2.05) is 18.2 Å². The van der Waals surface area contributed by atoms with E-state index in [1.165, 1.54) is 0 Å². The molecule has 0 unspecified atom stereocenters. The average Bonchev–Trinajstić information content (AvgIpc) is 2.44. The minimum atomic E-state index is -1.57. The van der Waals surface area contributed by atoms with E-state index in [4.69, 9.17) is 46.4 Å². The van der Waals surface area contributed by atoms with Gasteiger partial charge in [0, 0.05) is 34.6 Å². The highest BCUT2D eigenvalue weighted by Gasteiger charge is 2.30. The topological polar surface area (TPSA) is 25.8 Å². The molecule has 0 fully saturated rings. The molecule has 3 aromatic rings. The van der Waals surface area contributed by atoms with E-state index in [1.54, 1.807) is 18.5 Å². The number of pyridine rings is 2. The molecule has 0 amide bonds. The first-order chi connectivity index (χ1) is 9.54. The van der Waals surface area contributed by atoms with Crippen LogP contribution in [0, 0.1) is 0 Å². The van der Waals surface area contributed by atoms with Crippen molar-refractivity contribution in [1.82, 2.24) is 9.97 Å². The van der Waals surface area contributed by atoms with E-state index in [0.717, 1.165) is 21.9 Å². The molecule has 6 heteroatoms. The number of rotatable bonds is 1. The number of alkyl halides is 4. The second kappa shape index (κ2) is 5.19. The normalized spacial score (nSPS) is 12.2. The quantitative estimate of drug-likeness (QED) is 0.439. The van der Waals surface area contributed by atoms with Crippen molar-refractivity contribution in [2.75, 3.05) is 0 Å². The van der Waals surface area contributed by atoms with Crippen molar-refractivity contribution in [3.8, 4) is 0 Å². The summed E-state index contributed by atoms with van der Waals surface area (Å²) in [5.74, 6) is 0.232. The summed E-state index contributed by atoms with van der Waals surface area (Å²) in [5, 5.41) is 1.62. The van der Waals surface area contributed by atoms with Crippen molar-refractivity contribution in [1.29, 1.82) is 0 Å². The Labute approximate surface area is 135 Å². The van der Waals surface area contributed by atoms with Crippen LogP contribution in [0.2, 0.25) is 0 Å². The summed E-state index contributed by atoms with van der Waals surface area (Å²) >= 11 is 24.5. The first-order valence-electron chi connectivity index (χ1n) is 5.81. The van der Waals surface area contributed by atoms with Gasteiger partial charge >= 0.3 is 0 Å². The van der Waals surface area contributed by atoms with Gasteiger partial charge in [0.25, 0.3) is 0 Å². The molecule has 102 valence electrons. The Kier molecular flexibility index (Phi) is 3.67. The van der Waals surface area contributed by atoms with Crippen molar-refractivity contribution in [2.24, 2.45) is 0 Å². The van der Waals surface area contributed by atoms with Crippen LogP contribution in [-0.2, 0) is 9.67 Å². The minimum absolute atomic E-state index is 0.232. The molecule has 0 aliphatic rings. The van der Waals surface area contributed by atoms with Gasteiger partial charge in [-0.3, -0.25) is 9.97 Å². The largest absolute Gasteiger partial charge is 0.254 e. The first-order valence-corrected chi connectivity index (χ1v) is 7.48. The SMILES string of the molecule is ClCc1c(C(Cl)(Cl)Cl)c2cccnc2c2ncccc12. The van der Waals surface area contributed by atoms with Crippen LogP contribution in [0.25, 0.3) is 21.8 Å². The number of aromatic nitrogens is 2. The second-order valence-corrected chi connectivity index (χ2v) is 6.83. The monoisotopic (exact) mass is 344 g/mol. The molecule has 2 heterocycles. The molecule has 0 saturated carbocycles. The lowest BCUT2D eigenvalue weighted by Gasteiger charge is -2.20. The smallest absolute Gasteiger partial charge is 0.217 e. The lowest BCUT2D eigenvalue weighted by atomic mass is 9.98. The van der Waals surface area contributed by atoms with E-state index in [-0.39, 0.29) is 5.88 Å². The fraction of sp³-hybridized carbons (Fsp3) is 0.143. The molecule has 0 radical (unpaired) electrons. The minimum Gasteiger partial charge on any atom is -0.254 e. The molecule has 3 rings (SSSR count). The van der Waals surface area contributed by atoms with Crippen LogP contribution < -0.4 is 0 Å². The average molecular weight is 346 g/mol. The summed E-state index contributed by atoms with van der Waals surface area (Å²) in [5.41, 5.74) is 2.81. The van der Waals surface area contributed by atoms with E-state index in [2.05, 4.69) is 9.97 Å². The van der Waals surface area contributed by atoms with E-state index in [0.29, 0.717) is 11.1 Å². The highest BCUT2D eigenvalue weighted by atomic mass is 35.6. The molecule has 0 bridgehead atoms. The Balaban J connectivity index is 2.63. The predicted octanol–water partition coefficient (Wildman–Crippen LogP) is 5.35. The van der Waals surface area contributed by atoms with Gasteiger partial charge in [-0.2, -0.15) is 0 Å². The summed E-state index contributed by atoms with van der Waals surface area (Å²) < 4.78 is -1.57. The summed E-state index contributed by atoms with van der Waals surface area (Å²) in [6.45, 7) is 0. The molecule has 0 saturated heterocycles. The Morgan fingerprint density at radius 3 is 2.00 bits per heavy atom. The fourth-order valence-corrected chi connectivity index (χ4v) is 3.32. The summed E-state index contributed by atoms with van der Waals surface area (Å²) in [4.78, 5) is 8.77. The van der Waals surface area contributed by atoms with Gasteiger partial charge < -0.3 is 0 Å². The van der Waals surface area contributed by atoms with Crippen LogP contribution in [0.15, 0.2) is 36.7 Å². The van der Waals surface area contributed by atoms with Crippen molar-refractivity contribution in [3.05, 3.63) is 47.8 Å². The van der Waals surface area contributed by atoms with Crippen LogP contribution in [0.4, 0.5) is 0 Å². The van der Waals surface area contributed by atoms with Gasteiger partial charge in [0.15, 0.2) is 0 Å². The van der Waals surface area contributed by atoms with Gasteiger partial charge in [0.05, 0.1) is 11.0 Å². The Bertz CT molecular complexity index is 796. The van der Waals surface area contributed by atoms with Crippen LogP contribution >= 0.6 is 46.4 Å². The predicted molar refractivity (Wildman–Crippen MR) is 85.8 cm³/mol. The molecule has 20 heavy (non-hydrogen) atoms. The lowest BCUT2D eigenvalue weighted by Crippen LogP contribution is -2.07. The third-order valence-electron chi connectivity index (χ3n) is 3.15. The van der Waals surface area contributed by atoms with E-state index < -0.39 is 3.79 Å². The zero-order valence-corrected chi connectivity index (χ0v) is 13.1. The molecule has 1 aromatic carbocycles. The zero-order chi connectivity index (χ0) is 14.3. The number of hydrogen-bond donors (Lipinski definition) is 0. The van der Waals surface area contributed by atoms with Crippen LogP contribution in [0.5, 0.6) is 0 Å². The maximum Gasteiger partial charge on any atom is 0.217 e. The molecule has 2 nitrogen and oxygen atoms in total. The Morgan fingerprint density at radius 1 is 0.900 bits per heavy atom. The van der Waals surface area contributed by atoms with Gasteiger partial charge in [-0.1, -0.05) is 46.9 Å². The molecule has 0 atom stereocenters. The van der Waals surface area contributed by atoms with Gasteiger partial charge in [0.2, 0.25) is 3.79 Å². The zero-order valence-electron chi connectivity index (χ0n) is 10.1. The standard InChI is InChI=1S/C14H8Cl4N2/c15-7-10-8-3-1-5-19-12(8)13-9(4-2-6-20-13)11(10)14(16,17)18/h1-6H,7H2. The maximum atomic E-state index is 6.15. The van der Waals surface area contributed by atoms with Crippen LogP contribution in [0.1, 0.15) is 11.1 Å². The highest BCUT2D eigenvalue weighted by molar-refractivity contribution is 6.67. The van der Waals surface area contributed by atoms with E-state index >= 15 is 0 Å². The van der Waals surface area contributed by atoms with Gasteiger partial charge in [0.1, 0.15) is 0 Å². The third kappa shape index (κ3) is 2.21. The number of halogens is 4. The Morgan fingerprint density at radius 2 is 1.45 bits per heavy atom. The van der Waals surface area contributed by atoms with Gasteiger partial charge in [-0.25, -0.2) is 0 Å². The number of fused-ring (bicyclic) bond motifs is 3. The highest BCUT2D eigenvalue weighted by Crippen LogP contribution is 2.46. The Hall–Kier alpha value is -0.800. The number of hydrogen-bond acceptors (Lipinski definition) is 2. The van der Waals surface area contributed by atoms with Crippen molar-refractivity contribution in [2.45, 2.75) is 9.67 Å². The van der Waals surface area contributed by atoms with Gasteiger partial charge in [-0.05, 0) is 17.7 Å². The molecule has 0 aliphatic carbocycles.